The van der Waals surface area contributed by atoms with E-state index in [1.165, 1.54) is 0 Å². The first-order chi connectivity index (χ1) is 9.36. The minimum absolute atomic E-state index is 0.110. The van der Waals surface area contributed by atoms with Crippen molar-refractivity contribution in [2.75, 3.05) is 7.11 Å². The largest absolute Gasteiger partial charge is 0.497 e. The van der Waals surface area contributed by atoms with Crippen molar-refractivity contribution in [3.05, 3.63) is 29.8 Å². The van der Waals surface area contributed by atoms with Gasteiger partial charge in [0, 0.05) is 17.4 Å². The van der Waals surface area contributed by atoms with Gasteiger partial charge in [0.25, 0.3) is 0 Å². The Kier molecular flexibility index (Phi) is 5.74. The van der Waals surface area contributed by atoms with Crippen molar-refractivity contribution in [1.82, 2.24) is 0 Å². The molecule has 0 aliphatic carbocycles. The summed E-state index contributed by atoms with van der Waals surface area (Å²) in [6, 6.07) is 7.14. The monoisotopic (exact) mass is 277 g/mol. The molecule has 0 spiro atoms. The number of nitrogens with two attached hydrogens (primary N) is 1. The number of methoxy groups -OCH3 is 1. The summed E-state index contributed by atoms with van der Waals surface area (Å²) < 4.78 is 5.08. The average molecular weight is 277 g/mol. The molecule has 0 heterocycles. The molecular formula is C16H23NO3. The third-order valence-corrected chi connectivity index (χ3v) is 3.44. The highest BCUT2D eigenvalue weighted by molar-refractivity contribution is 6.00. The lowest BCUT2D eigenvalue weighted by molar-refractivity contribution is -0.118. The minimum atomic E-state index is -0.438. The number of hydrogen-bond acceptors (Lipinski definition) is 3. The number of benzene rings is 1. The summed E-state index contributed by atoms with van der Waals surface area (Å²) in [6.07, 6.45) is 2.67. The van der Waals surface area contributed by atoms with Crippen LogP contribution in [0.2, 0.25) is 0 Å². The van der Waals surface area contributed by atoms with Crippen molar-refractivity contribution in [3.8, 4) is 5.75 Å². The molecule has 1 amide bonds. The number of hydrogen-bond donors (Lipinski definition) is 1. The predicted octanol–water partition coefficient (Wildman–Crippen LogP) is 2.95. The van der Waals surface area contributed by atoms with Crippen molar-refractivity contribution < 1.29 is 14.3 Å². The second kappa shape index (κ2) is 7.08. The van der Waals surface area contributed by atoms with Gasteiger partial charge in [-0.3, -0.25) is 9.59 Å². The molecule has 0 aliphatic rings. The number of carbonyl (C=O) groups is 2. The molecule has 0 unspecified atom stereocenters. The Balaban J connectivity index is 2.60. The molecule has 0 bridgehead atoms. The Morgan fingerprint density at radius 3 is 2.25 bits per heavy atom. The summed E-state index contributed by atoms with van der Waals surface area (Å²) in [5.41, 5.74) is 5.35. The molecule has 4 nitrogen and oxygen atoms in total. The number of ether oxygens (including phenoxy) is 1. The van der Waals surface area contributed by atoms with Crippen LogP contribution < -0.4 is 10.5 Å². The first kappa shape index (κ1) is 16.2. The maximum Gasteiger partial charge on any atom is 0.217 e. The Hall–Kier alpha value is -1.84. The van der Waals surface area contributed by atoms with Gasteiger partial charge in [-0.15, -0.1) is 0 Å². The van der Waals surface area contributed by atoms with E-state index >= 15 is 0 Å². The van der Waals surface area contributed by atoms with Crippen LogP contribution in [-0.2, 0) is 4.79 Å². The summed E-state index contributed by atoms with van der Waals surface area (Å²) in [6.45, 7) is 3.87. The second-order valence-corrected chi connectivity index (χ2v) is 5.61. The summed E-state index contributed by atoms with van der Waals surface area (Å²) in [5, 5.41) is 0. The molecule has 4 heteroatoms. The maximum absolute atomic E-state index is 12.5. The lowest BCUT2D eigenvalue weighted by Crippen LogP contribution is -2.24. The number of carbonyl (C=O) groups excluding carboxylic acids is 2. The molecule has 110 valence electrons. The molecule has 0 atom stereocenters. The first-order valence-electron chi connectivity index (χ1n) is 6.84. The smallest absolute Gasteiger partial charge is 0.217 e. The number of amides is 1. The van der Waals surface area contributed by atoms with Crippen molar-refractivity contribution in [2.45, 2.75) is 39.5 Å². The van der Waals surface area contributed by atoms with Crippen LogP contribution in [0.1, 0.15) is 49.9 Å². The number of primary amides is 1. The van der Waals surface area contributed by atoms with Gasteiger partial charge in [-0.25, -0.2) is 0 Å². The fourth-order valence-corrected chi connectivity index (χ4v) is 2.11. The third kappa shape index (κ3) is 4.68. The van der Waals surface area contributed by atoms with E-state index in [1.807, 2.05) is 13.8 Å². The Labute approximate surface area is 120 Å². The van der Waals surface area contributed by atoms with E-state index in [-0.39, 0.29) is 11.7 Å². The molecule has 0 aliphatic heterocycles. The van der Waals surface area contributed by atoms with E-state index in [1.54, 1.807) is 31.4 Å². The SMILES string of the molecule is COc1ccc(C(=O)C(C)(C)CCCCC(N)=O)cc1. The van der Waals surface area contributed by atoms with Crippen LogP contribution in [0.3, 0.4) is 0 Å². The number of Topliss-reactive ketones (excluding diaryl/α,β-unsaturated/α-hetero) is 1. The highest BCUT2D eigenvalue weighted by Crippen LogP contribution is 2.29. The van der Waals surface area contributed by atoms with Crippen molar-refractivity contribution in [2.24, 2.45) is 11.1 Å². The Morgan fingerprint density at radius 1 is 1.15 bits per heavy atom. The molecular weight excluding hydrogens is 254 g/mol. The van der Waals surface area contributed by atoms with Gasteiger partial charge in [0.1, 0.15) is 5.75 Å². The third-order valence-electron chi connectivity index (χ3n) is 3.44. The molecule has 20 heavy (non-hydrogen) atoms. The maximum atomic E-state index is 12.5. The van der Waals surface area contributed by atoms with E-state index in [9.17, 15) is 9.59 Å². The molecule has 1 aromatic carbocycles. The lowest BCUT2D eigenvalue weighted by Gasteiger charge is -2.23. The molecule has 0 aromatic heterocycles. The van der Waals surface area contributed by atoms with Gasteiger partial charge < -0.3 is 10.5 Å². The zero-order valence-corrected chi connectivity index (χ0v) is 12.4. The predicted molar refractivity (Wildman–Crippen MR) is 78.8 cm³/mol. The average Bonchev–Trinajstić information content (AvgIpc) is 2.43. The molecule has 0 saturated carbocycles. The van der Waals surface area contributed by atoms with Gasteiger partial charge in [-0.05, 0) is 37.1 Å². The molecule has 0 radical (unpaired) electrons. The van der Waals surface area contributed by atoms with Crippen LogP contribution in [0.25, 0.3) is 0 Å². The lowest BCUT2D eigenvalue weighted by atomic mass is 9.80. The van der Waals surface area contributed by atoms with Crippen LogP contribution >= 0.6 is 0 Å². The van der Waals surface area contributed by atoms with Gasteiger partial charge in [-0.2, -0.15) is 0 Å². The summed E-state index contributed by atoms with van der Waals surface area (Å²) in [7, 11) is 1.60. The van der Waals surface area contributed by atoms with Crippen LogP contribution in [0.5, 0.6) is 5.75 Å². The quantitative estimate of drug-likeness (QED) is 0.586. The molecule has 2 N–H and O–H groups in total. The molecule has 1 rings (SSSR count). The van der Waals surface area contributed by atoms with Crippen molar-refractivity contribution in [3.63, 3.8) is 0 Å². The van der Waals surface area contributed by atoms with Crippen LogP contribution in [0.4, 0.5) is 0 Å². The van der Waals surface area contributed by atoms with E-state index < -0.39 is 5.41 Å². The summed E-state index contributed by atoms with van der Waals surface area (Å²) in [5.74, 6) is 0.560. The zero-order chi connectivity index (χ0) is 15.2. The van der Waals surface area contributed by atoms with E-state index in [0.717, 1.165) is 25.0 Å². The Morgan fingerprint density at radius 2 is 1.75 bits per heavy atom. The number of unbranched alkanes of at least 4 members (excludes halogenated alkanes) is 1. The highest BCUT2D eigenvalue weighted by atomic mass is 16.5. The van der Waals surface area contributed by atoms with Crippen LogP contribution in [0, 0.1) is 5.41 Å². The summed E-state index contributed by atoms with van der Waals surface area (Å²) in [4.78, 5) is 23.1. The number of rotatable bonds is 8. The van der Waals surface area contributed by atoms with Gasteiger partial charge in [0.05, 0.1) is 7.11 Å². The van der Waals surface area contributed by atoms with Crippen LogP contribution in [-0.4, -0.2) is 18.8 Å². The second-order valence-electron chi connectivity index (χ2n) is 5.61. The van der Waals surface area contributed by atoms with E-state index in [4.69, 9.17) is 10.5 Å². The first-order valence-corrected chi connectivity index (χ1v) is 6.84. The van der Waals surface area contributed by atoms with Gasteiger partial charge >= 0.3 is 0 Å². The number of ketones is 1. The van der Waals surface area contributed by atoms with Crippen molar-refractivity contribution in [1.29, 1.82) is 0 Å². The molecule has 0 saturated heterocycles. The minimum Gasteiger partial charge on any atom is -0.497 e. The van der Waals surface area contributed by atoms with Crippen LogP contribution in [0.15, 0.2) is 24.3 Å². The summed E-state index contributed by atoms with van der Waals surface area (Å²) >= 11 is 0. The standard InChI is InChI=1S/C16H23NO3/c1-16(2,11-5-4-6-14(17)18)15(19)12-7-9-13(20-3)10-8-12/h7-10H,4-6,11H2,1-3H3,(H2,17,18). The van der Waals surface area contributed by atoms with Crippen molar-refractivity contribution >= 4 is 11.7 Å². The fraction of sp³-hybridized carbons (Fsp3) is 0.500. The topological polar surface area (TPSA) is 69.4 Å². The van der Waals surface area contributed by atoms with Gasteiger partial charge in [0.15, 0.2) is 5.78 Å². The van der Waals surface area contributed by atoms with Gasteiger partial charge in [0.2, 0.25) is 5.91 Å². The molecule has 1 aromatic rings. The fourth-order valence-electron chi connectivity index (χ4n) is 2.11. The highest BCUT2D eigenvalue weighted by Gasteiger charge is 2.27. The zero-order valence-electron chi connectivity index (χ0n) is 12.4. The molecule has 0 fully saturated rings. The normalized spacial score (nSPS) is 11.2. The Bertz CT molecular complexity index is 463. The van der Waals surface area contributed by atoms with Gasteiger partial charge in [-0.1, -0.05) is 20.3 Å². The van der Waals surface area contributed by atoms with E-state index in [2.05, 4.69) is 0 Å². The van der Waals surface area contributed by atoms with E-state index in [0.29, 0.717) is 12.0 Å².